The van der Waals surface area contributed by atoms with Gasteiger partial charge in [0.05, 0.1) is 12.8 Å². The summed E-state index contributed by atoms with van der Waals surface area (Å²) < 4.78 is 5.44. The van der Waals surface area contributed by atoms with E-state index in [0.717, 1.165) is 55.5 Å². The van der Waals surface area contributed by atoms with Crippen molar-refractivity contribution in [1.29, 1.82) is 0 Å². The molecule has 130 valence electrons. The molecule has 0 spiro atoms. The van der Waals surface area contributed by atoms with Crippen LogP contribution in [0.15, 0.2) is 6.07 Å². The molecule has 5 heteroatoms. The number of nitrogens with one attached hydrogen (secondary N) is 2. The topological polar surface area (TPSA) is 67.4 Å². The summed E-state index contributed by atoms with van der Waals surface area (Å²) in [5.41, 5.74) is 3.56. The van der Waals surface area contributed by atoms with E-state index < -0.39 is 0 Å². The smallest absolute Gasteiger partial charge is 0.224 e. The zero-order valence-electron chi connectivity index (χ0n) is 14.5. The molecule has 0 saturated heterocycles. The Hall–Kier alpha value is -1.88. The molecule has 5 nitrogen and oxygen atoms in total. The number of carbonyl (C=O) groups excluding carboxylic acids is 2. The molecule has 0 bridgehead atoms. The molecule has 1 aromatic carbocycles. The van der Waals surface area contributed by atoms with E-state index in [-0.39, 0.29) is 17.6 Å². The van der Waals surface area contributed by atoms with E-state index in [9.17, 15) is 9.59 Å². The van der Waals surface area contributed by atoms with Crippen molar-refractivity contribution in [3.63, 3.8) is 0 Å². The summed E-state index contributed by atoms with van der Waals surface area (Å²) in [5.74, 6) is 0.908. The maximum absolute atomic E-state index is 13.0. The van der Waals surface area contributed by atoms with E-state index in [0.29, 0.717) is 24.3 Å². The Labute approximate surface area is 143 Å². The number of fused-ring (bicyclic) bond motifs is 3. The highest BCUT2D eigenvalue weighted by atomic mass is 16.5. The van der Waals surface area contributed by atoms with E-state index in [1.165, 1.54) is 0 Å². The fraction of sp³-hybridized carbons (Fsp3) is 0.579. The minimum Gasteiger partial charge on any atom is -0.495 e. The van der Waals surface area contributed by atoms with Crippen LogP contribution in [0.1, 0.15) is 54.1 Å². The fourth-order valence-electron chi connectivity index (χ4n) is 3.70. The monoisotopic (exact) mass is 330 g/mol. The highest BCUT2D eigenvalue weighted by molar-refractivity contribution is 6.06. The van der Waals surface area contributed by atoms with Gasteiger partial charge in [0.15, 0.2) is 5.78 Å². The van der Waals surface area contributed by atoms with Crippen molar-refractivity contribution in [3.8, 4) is 5.75 Å². The van der Waals surface area contributed by atoms with Crippen LogP contribution in [0, 0.1) is 5.92 Å². The Bertz CT molecular complexity index is 655. The first kappa shape index (κ1) is 17.0. The van der Waals surface area contributed by atoms with E-state index in [1.807, 2.05) is 6.07 Å². The lowest BCUT2D eigenvalue weighted by Gasteiger charge is -2.30. The predicted octanol–water partition coefficient (Wildman–Crippen LogP) is 2.71. The molecule has 1 aromatic rings. The number of carbonyl (C=O) groups is 2. The van der Waals surface area contributed by atoms with Gasteiger partial charge in [0.1, 0.15) is 5.75 Å². The van der Waals surface area contributed by atoms with Gasteiger partial charge < -0.3 is 15.4 Å². The first-order valence-electron chi connectivity index (χ1n) is 8.93. The van der Waals surface area contributed by atoms with Crippen LogP contribution >= 0.6 is 0 Å². The van der Waals surface area contributed by atoms with E-state index in [4.69, 9.17) is 4.74 Å². The molecule has 1 amide bonds. The molecule has 2 N–H and O–H groups in total. The van der Waals surface area contributed by atoms with Crippen molar-refractivity contribution >= 4 is 17.4 Å². The number of Topliss-reactive ketones (excluding diaryl/α,β-unsaturated/α-hetero) is 1. The normalized spacial score (nSPS) is 19.5. The molecular weight excluding hydrogens is 304 g/mol. The number of methoxy groups -OCH3 is 1. The summed E-state index contributed by atoms with van der Waals surface area (Å²) in [6.07, 6.45) is 5.09. The van der Waals surface area contributed by atoms with Gasteiger partial charge in [-0.2, -0.15) is 0 Å². The lowest BCUT2D eigenvalue weighted by Crippen LogP contribution is -2.34. The maximum Gasteiger partial charge on any atom is 0.224 e. The minimum absolute atomic E-state index is 0.0122. The van der Waals surface area contributed by atoms with Gasteiger partial charge >= 0.3 is 0 Å². The Morgan fingerprint density at radius 1 is 1.29 bits per heavy atom. The van der Waals surface area contributed by atoms with Crippen LogP contribution < -0.4 is 15.4 Å². The molecule has 1 heterocycles. The SMILES string of the molecule is CCCCNCC1CCc2cc(OC)c3c(c2C1=O)CCC(=O)N3. The van der Waals surface area contributed by atoms with Gasteiger partial charge in [-0.25, -0.2) is 0 Å². The number of hydrogen-bond acceptors (Lipinski definition) is 4. The molecule has 1 unspecified atom stereocenters. The summed E-state index contributed by atoms with van der Waals surface area (Å²) in [5, 5.41) is 6.30. The summed E-state index contributed by atoms with van der Waals surface area (Å²) in [6.45, 7) is 3.87. The van der Waals surface area contributed by atoms with Crippen LogP contribution in [0.5, 0.6) is 5.75 Å². The van der Waals surface area contributed by atoms with E-state index in [1.54, 1.807) is 7.11 Å². The minimum atomic E-state index is -0.0122. The third-order valence-corrected chi connectivity index (χ3v) is 5.04. The maximum atomic E-state index is 13.0. The van der Waals surface area contributed by atoms with Crippen molar-refractivity contribution in [1.82, 2.24) is 5.32 Å². The second kappa shape index (κ2) is 7.34. The third kappa shape index (κ3) is 3.18. The number of ether oxygens (including phenoxy) is 1. The van der Waals surface area contributed by atoms with Crippen molar-refractivity contribution in [2.75, 3.05) is 25.5 Å². The second-order valence-electron chi connectivity index (χ2n) is 6.67. The van der Waals surface area contributed by atoms with Crippen molar-refractivity contribution in [2.45, 2.75) is 45.4 Å². The summed E-state index contributed by atoms with van der Waals surface area (Å²) in [6, 6.07) is 1.93. The molecule has 0 fully saturated rings. The Kier molecular flexibility index (Phi) is 5.19. The standard InChI is InChI=1S/C19H26N2O3/c1-3-4-9-20-11-13-6-5-12-10-15(24-2)18-14(17(12)19(13)23)7-8-16(22)21-18/h10,13,20H,3-9,11H2,1-2H3,(H,21,22). The lowest BCUT2D eigenvalue weighted by molar-refractivity contribution is -0.116. The highest BCUT2D eigenvalue weighted by Crippen LogP contribution is 2.40. The quantitative estimate of drug-likeness (QED) is 0.787. The zero-order chi connectivity index (χ0) is 17.1. The molecule has 3 rings (SSSR count). The number of anilines is 1. The molecule has 2 aliphatic rings. The Morgan fingerprint density at radius 2 is 2.12 bits per heavy atom. The third-order valence-electron chi connectivity index (χ3n) is 5.04. The summed E-state index contributed by atoms with van der Waals surface area (Å²) >= 11 is 0. The molecule has 1 atom stereocenters. The number of ketones is 1. The number of rotatable bonds is 6. The number of aryl methyl sites for hydroxylation is 1. The Balaban J connectivity index is 1.88. The van der Waals surface area contributed by atoms with Gasteiger partial charge in [-0.05, 0) is 49.4 Å². The second-order valence-corrected chi connectivity index (χ2v) is 6.67. The van der Waals surface area contributed by atoms with Gasteiger partial charge in [0.2, 0.25) is 5.91 Å². The van der Waals surface area contributed by atoms with Crippen LogP contribution in [0.4, 0.5) is 5.69 Å². The van der Waals surface area contributed by atoms with Gasteiger partial charge in [-0.15, -0.1) is 0 Å². The molecule has 1 aliphatic heterocycles. The van der Waals surface area contributed by atoms with Gasteiger partial charge in [-0.1, -0.05) is 13.3 Å². The molecular formula is C19H26N2O3. The van der Waals surface area contributed by atoms with Crippen LogP contribution in [-0.4, -0.2) is 31.9 Å². The number of amides is 1. The van der Waals surface area contributed by atoms with Crippen molar-refractivity contribution < 1.29 is 14.3 Å². The molecule has 0 saturated carbocycles. The van der Waals surface area contributed by atoms with E-state index >= 15 is 0 Å². The number of unbranched alkanes of at least 4 members (excludes halogenated alkanes) is 1. The van der Waals surface area contributed by atoms with Crippen LogP contribution in [0.25, 0.3) is 0 Å². The molecule has 0 radical (unpaired) electrons. The van der Waals surface area contributed by atoms with Crippen molar-refractivity contribution in [3.05, 3.63) is 22.8 Å². The first-order chi connectivity index (χ1) is 11.7. The van der Waals surface area contributed by atoms with Gasteiger partial charge in [0.25, 0.3) is 0 Å². The zero-order valence-corrected chi connectivity index (χ0v) is 14.5. The predicted molar refractivity (Wildman–Crippen MR) is 93.9 cm³/mol. The lowest BCUT2D eigenvalue weighted by atomic mass is 9.78. The molecule has 0 aromatic heterocycles. The average Bonchev–Trinajstić information content (AvgIpc) is 2.59. The molecule has 24 heavy (non-hydrogen) atoms. The van der Waals surface area contributed by atoms with Gasteiger partial charge in [-0.3, -0.25) is 9.59 Å². The Morgan fingerprint density at radius 3 is 2.88 bits per heavy atom. The number of hydrogen-bond donors (Lipinski definition) is 2. The molecule has 1 aliphatic carbocycles. The first-order valence-corrected chi connectivity index (χ1v) is 8.93. The van der Waals surface area contributed by atoms with E-state index in [2.05, 4.69) is 17.6 Å². The van der Waals surface area contributed by atoms with Crippen LogP contribution in [0.2, 0.25) is 0 Å². The summed E-state index contributed by atoms with van der Waals surface area (Å²) in [7, 11) is 1.61. The summed E-state index contributed by atoms with van der Waals surface area (Å²) in [4.78, 5) is 24.8. The van der Waals surface area contributed by atoms with Crippen LogP contribution in [0.3, 0.4) is 0 Å². The van der Waals surface area contributed by atoms with Gasteiger partial charge in [0, 0.05) is 24.4 Å². The highest BCUT2D eigenvalue weighted by Gasteiger charge is 2.33. The van der Waals surface area contributed by atoms with Crippen molar-refractivity contribution in [2.24, 2.45) is 5.92 Å². The van der Waals surface area contributed by atoms with Crippen LogP contribution in [-0.2, 0) is 17.6 Å². The number of benzene rings is 1. The average molecular weight is 330 g/mol. The fourth-order valence-corrected chi connectivity index (χ4v) is 3.70. The largest absolute Gasteiger partial charge is 0.495 e.